The summed E-state index contributed by atoms with van der Waals surface area (Å²) in [5, 5.41) is 9.71. The van der Waals surface area contributed by atoms with Gasteiger partial charge in [-0.1, -0.05) is 168 Å². The lowest BCUT2D eigenvalue weighted by atomic mass is 9.77. The van der Waals surface area contributed by atoms with Crippen LogP contribution in [-0.4, -0.2) is 31.0 Å². The summed E-state index contributed by atoms with van der Waals surface area (Å²) in [6.07, 6.45) is 0. The van der Waals surface area contributed by atoms with Crippen molar-refractivity contribution in [2.24, 2.45) is 0 Å². The van der Waals surface area contributed by atoms with Crippen LogP contribution >= 0.6 is 0 Å². The molecule has 2 unspecified atom stereocenters. The third-order valence-corrected chi connectivity index (χ3v) is 15.2. The van der Waals surface area contributed by atoms with Crippen LogP contribution in [0.3, 0.4) is 0 Å². The minimum Gasteiger partial charge on any atom is -0.478 e. The van der Waals surface area contributed by atoms with E-state index in [1.54, 1.807) is 24.3 Å². The first-order valence-electron chi connectivity index (χ1n) is 26.8. The molecule has 0 saturated heterocycles. The van der Waals surface area contributed by atoms with Gasteiger partial charge in [-0.25, -0.2) is 4.79 Å². The molecular weight excluding hydrogens is 931 g/mol. The van der Waals surface area contributed by atoms with Gasteiger partial charge in [0.15, 0.2) is 0 Å². The lowest BCUT2D eigenvalue weighted by molar-refractivity contribution is 0.0697. The van der Waals surface area contributed by atoms with Crippen LogP contribution in [0.4, 0.5) is 11.4 Å². The lowest BCUT2D eigenvalue weighted by Gasteiger charge is -2.33. The Balaban J connectivity index is 1.27. The number of H-pyrrole nitrogens is 4. The molecule has 5 aromatic carbocycles. The Kier molecular flexibility index (Phi) is 13.3. The normalized spacial score (nSPS) is 16.9. The predicted molar refractivity (Wildman–Crippen MR) is 312 cm³/mol. The smallest absolute Gasteiger partial charge is 0.335 e. The molecule has 5 N–H and O–H groups in total. The first-order chi connectivity index (χ1) is 36.0. The van der Waals surface area contributed by atoms with Crippen LogP contribution in [0.2, 0.25) is 0 Å². The van der Waals surface area contributed by atoms with Gasteiger partial charge in [-0.2, -0.15) is 0 Å². The van der Waals surface area contributed by atoms with Crippen molar-refractivity contribution < 1.29 is 9.90 Å². The van der Waals surface area contributed by atoms with E-state index in [1.165, 1.54) is 33.4 Å². The van der Waals surface area contributed by atoms with Crippen molar-refractivity contribution in [3.63, 3.8) is 0 Å². The molecule has 10 rings (SSSR count). The van der Waals surface area contributed by atoms with Crippen molar-refractivity contribution in [1.82, 2.24) is 19.9 Å². The summed E-state index contributed by atoms with van der Waals surface area (Å²) in [6, 6.07) is 60.4. The number of hydrogen-bond donors (Lipinski definition) is 5. The van der Waals surface area contributed by atoms with E-state index in [1.807, 2.05) is 0 Å². The fourth-order valence-electron chi connectivity index (χ4n) is 10.7. The summed E-state index contributed by atoms with van der Waals surface area (Å²) < 4.78 is 0. The molecule has 1 aliphatic rings. The number of nitrogens with zero attached hydrogens (tertiary/aromatic N) is 1. The summed E-state index contributed by atoms with van der Waals surface area (Å²) in [5.74, 6) is 5.33. The number of carboxylic acid groups (broad SMARTS) is 1. The third kappa shape index (κ3) is 10.5. The fourth-order valence-corrected chi connectivity index (χ4v) is 10.7. The summed E-state index contributed by atoms with van der Waals surface area (Å²) in [4.78, 5) is 30.6. The maximum Gasteiger partial charge on any atom is 0.335 e. The van der Waals surface area contributed by atoms with E-state index in [2.05, 4.69) is 265 Å². The number of anilines is 2. The van der Waals surface area contributed by atoms with E-state index in [0.29, 0.717) is 0 Å². The molecule has 0 aliphatic carbocycles. The second kappa shape index (κ2) is 19.6. The predicted octanol–water partition coefficient (Wildman–Crippen LogP) is 16.7. The first kappa shape index (κ1) is 51.5. The molecule has 0 amide bonds. The van der Waals surface area contributed by atoms with E-state index < -0.39 is 11.9 Å². The zero-order valence-corrected chi connectivity index (χ0v) is 46.3. The van der Waals surface area contributed by atoms with Crippen molar-refractivity contribution in [1.29, 1.82) is 0 Å². The topological polar surface area (TPSA) is 104 Å². The van der Waals surface area contributed by atoms with Crippen molar-refractivity contribution in [2.45, 2.75) is 129 Å². The summed E-state index contributed by atoms with van der Waals surface area (Å²) in [5.41, 5.74) is 18.4. The van der Waals surface area contributed by atoms with E-state index in [4.69, 9.17) is 0 Å². The van der Waals surface area contributed by atoms with Crippen molar-refractivity contribution in [3.05, 3.63) is 260 Å². The zero-order valence-electron chi connectivity index (χ0n) is 46.3. The Morgan fingerprint density at radius 3 is 1.09 bits per heavy atom. The molecule has 1 aliphatic heterocycles. The molecule has 7 heteroatoms. The number of fused-ring (bicyclic) bond motifs is 8. The number of nitrogens with one attached hydrogen (secondary N) is 4. The largest absolute Gasteiger partial charge is 0.478 e. The van der Waals surface area contributed by atoms with Gasteiger partial charge in [0.05, 0.1) is 17.4 Å². The number of carbonyl (C=O) groups is 1. The van der Waals surface area contributed by atoms with E-state index in [0.717, 1.165) is 62.5 Å². The van der Waals surface area contributed by atoms with Crippen LogP contribution in [0, 0.1) is 11.8 Å². The quantitative estimate of drug-likeness (QED) is 0.107. The van der Waals surface area contributed by atoms with E-state index in [9.17, 15) is 9.90 Å². The Morgan fingerprint density at radius 2 is 0.750 bits per heavy atom. The van der Waals surface area contributed by atoms with E-state index >= 15 is 0 Å². The summed E-state index contributed by atoms with van der Waals surface area (Å²) in [7, 11) is 0. The monoisotopic (exact) mass is 1000 g/mol. The fraction of sp³-hybridized carbons (Fsp3) is 0.290. The van der Waals surface area contributed by atoms with Crippen LogP contribution in [0.5, 0.6) is 0 Å². The number of aromatic amines is 4. The number of benzene rings is 5. The molecule has 386 valence electrons. The van der Waals surface area contributed by atoms with Gasteiger partial charge in [-0.05, 0) is 152 Å². The van der Waals surface area contributed by atoms with Gasteiger partial charge in [-0.15, -0.1) is 0 Å². The number of carboxylic acids is 1. The zero-order chi connectivity index (χ0) is 53.9. The second-order valence-corrected chi connectivity index (χ2v) is 25.1. The van der Waals surface area contributed by atoms with Gasteiger partial charge >= 0.3 is 5.97 Å². The molecule has 0 spiro atoms. The van der Waals surface area contributed by atoms with Crippen LogP contribution in [-0.2, 0) is 21.7 Å². The number of rotatable bonds is 6. The molecular formula is C69H73N5O2. The SMILES string of the molecule is CC(C)(C)c1cc(C2c3ccc([nH]3)C(C#Cc3ccc(C(=O)O)cc3)c3ccc([nH]3)C(c3cc(C(C)(C)C)cc(C(C)(C)C)c3)c3ccc([nH]3)C(N(c3ccccc3)c3ccccc3)c3ccc2[nH]3)cc(C(C)(C)C)c1. The number of para-hydroxylation sites is 2. The van der Waals surface area contributed by atoms with Crippen molar-refractivity contribution in [3.8, 4) is 11.8 Å². The molecule has 2 atom stereocenters. The average Bonchev–Trinajstić information content (AvgIpc) is 4.29. The van der Waals surface area contributed by atoms with Gasteiger partial charge in [0.1, 0.15) is 12.0 Å². The minimum atomic E-state index is -0.965. The summed E-state index contributed by atoms with van der Waals surface area (Å²) in [6.45, 7) is 27.6. The maximum absolute atomic E-state index is 11.8. The summed E-state index contributed by atoms with van der Waals surface area (Å²) >= 11 is 0. The highest BCUT2D eigenvalue weighted by Crippen LogP contribution is 2.45. The van der Waals surface area contributed by atoms with Crippen LogP contribution < -0.4 is 4.90 Å². The molecule has 5 heterocycles. The highest BCUT2D eigenvalue weighted by molar-refractivity contribution is 5.87. The van der Waals surface area contributed by atoms with Crippen LogP contribution in [0.25, 0.3) is 0 Å². The molecule has 4 aromatic heterocycles. The second-order valence-electron chi connectivity index (χ2n) is 25.1. The number of hydrogen-bond acceptors (Lipinski definition) is 2. The minimum absolute atomic E-state index is 0.104. The van der Waals surface area contributed by atoms with Crippen molar-refractivity contribution >= 4 is 17.3 Å². The Labute approximate surface area is 450 Å². The van der Waals surface area contributed by atoms with Gasteiger partial charge in [0.25, 0.3) is 0 Å². The van der Waals surface area contributed by atoms with Gasteiger partial charge in [0.2, 0.25) is 0 Å². The number of aromatic carboxylic acids is 1. The molecule has 0 saturated carbocycles. The number of aromatic nitrogens is 4. The van der Waals surface area contributed by atoms with Gasteiger partial charge in [0, 0.05) is 62.5 Å². The Hall–Kier alpha value is -7.95. The van der Waals surface area contributed by atoms with Gasteiger partial charge in [-0.3, -0.25) is 0 Å². The molecule has 0 fully saturated rings. The molecule has 76 heavy (non-hydrogen) atoms. The standard InChI is InChI=1S/C69H73N5O2/c1-66(2,3)47-37-45(38-48(41-47)67(4,5)6)62-56-31-29-54(70-56)53(28-25-43-23-26-44(27-24-43)65(75)76)55-30-32-57(71-55)63(46-39-49(68(7,8)9)42-50(40-46)69(10,11)12)59-34-36-61(73-59)64(60-35-33-58(62)72-60)74(51-19-15-13-16-20-51)52-21-17-14-18-22-52/h13-24,26-27,29-42,53,62-64,70-73H,1-12H3,(H,75,76). The van der Waals surface area contributed by atoms with E-state index in [-0.39, 0.29) is 45.1 Å². The van der Waals surface area contributed by atoms with Crippen LogP contribution in [0.15, 0.2) is 170 Å². The molecule has 7 nitrogen and oxygen atoms in total. The molecule has 8 bridgehead atoms. The highest BCUT2D eigenvalue weighted by atomic mass is 16.4. The maximum atomic E-state index is 11.8. The molecule has 9 aromatic rings. The molecule has 0 radical (unpaired) electrons. The third-order valence-electron chi connectivity index (χ3n) is 15.2. The Morgan fingerprint density at radius 1 is 0.421 bits per heavy atom. The lowest BCUT2D eigenvalue weighted by Crippen LogP contribution is -2.26. The average molecular weight is 1000 g/mol. The van der Waals surface area contributed by atoms with Crippen molar-refractivity contribution in [2.75, 3.05) is 4.90 Å². The first-order valence-corrected chi connectivity index (χ1v) is 26.8. The van der Waals surface area contributed by atoms with Gasteiger partial charge < -0.3 is 29.9 Å². The van der Waals surface area contributed by atoms with Crippen LogP contribution in [0.1, 0.15) is 202 Å². The Bertz CT molecular complexity index is 3320. The highest BCUT2D eigenvalue weighted by Gasteiger charge is 2.34.